The molecule has 146 valence electrons. The number of hydrogen-bond acceptors (Lipinski definition) is 3. The maximum absolute atomic E-state index is 14.1. The van der Waals surface area contributed by atoms with Crippen LogP contribution < -0.4 is 9.62 Å². The van der Waals surface area contributed by atoms with Crippen LogP contribution in [0.1, 0.15) is 18.9 Å². The predicted octanol–water partition coefficient (Wildman–Crippen LogP) is 2.87. The first kappa shape index (κ1) is 20.8. The molecule has 0 fully saturated rings. The van der Waals surface area contributed by atoms with E-state index in [0.717, 1.165) is 22.2 Å². The molecule has 0 saturated carbocycles. The summed E-state index contributed by atoms with van der Waals surface area (Å²) in [4.78, 5) is 12.4. The van der Waals surface area contributed by atoms with Gasteiger partial charge in [-0.2, -0.15) is 0 Å². The van der Waals surface area contributed by atoms with Crippen LogP contribution in [0.2, 0.25) is 0 Å². The molecular weight excluding hydrogens is 374 g/mol. The number of aryl methyl sites for hydroxylation is 1. The molecule has 27 heavy (non-hydrogen) atoms. The second-order valence-electron chi connectivity index (χ2n) is 6.21. The minimum absolute atomic E-state index is 0.172. The number of anilines is 1. The van der Waals surface area contributed by atoms with E-state index in [4.69, 9.17) is 0 Å². The Bertz CT molecular complexity index is 886. The summed E-state index contributed by atoms with van der Waals surface area (Å²) in [5, 5.41) is 2.66. The summed E-state index contributed by atoms with van der Waals surface area (Å²) < 4.78 is 51.9. The van der Waals surface area contributed by atoms with Crippen LogP contribution >= 0.6 is 0 Å². The molecule has 5 nitrogen and oxygen atoms in total. The normalized spacial score (nSPS) is 12.4. The fourth-order valence-corrected chi connectivity index (χ4v) is 3.89. The SMILES string of the molecule is C[C@@H](C(=O)NCCCc1ccc(F)cc1)N(c1ccccc1F)S(C)(=O)=O. The zero-order valence-electron chi connectivity index (χ0n) is 15.2. The summed E-state index contributed by atoms with van der Waals surface area (Å²) >= 11 is 0. The number of sulfonamides is 1. The van der Waals surface area contributed by atoms with E-state index in [1.165, 1.54) is 37.3 Å². The molecular formula is C19H22F2N2O3S. The third-order valence-electron chi connectivity index (χ3n) is 4.03. The average molecular weight is 396 g/mol. The first-order chi connectivity index (χ1) is 12.7. The van der Waals surface area contributed by atoms with Gasteiger partial charge in [0.1, 0.15) is 17.7 Å². The summed E-state index contributed by atoms with van der Waals surface area (Å²) in [5.74, 6) is -1.56. The molecule has 2 aromatic carbocycles. The van der Waals surface area contributed by atoms with Gasteiger partial charge in [0, 0.05) is 6.54 Å². The smallest absolute Gasteiger partial charge is 0.243 e. The van der Waals surface area contributed by atoms with E-state index in [1.54, 1.807) is 12.1 Å². The molecule has 8 heteroatoms. The Labute approximate surface area is 158 Å². The number of para-hydroxylation sites is 1. The lowest BCUT2D eigenvalue weighted by Crippen LogP contribution is -2.48. The molecule has 0 heterocycles. The minimum atomic E-state index is -3.87. The van der Waals surface area contributed by atoms with Gasteiger partial charge in [-0.25, -0.2) is 17.2 Å². The highest BCUT2D eigenvalue weighted by atomic mass is 32.2. The van der Waals surface area contributed by atoms with Gasteiger partial charge in [-0.15, -0.1) is 0 Å². The van der Waals surface area contributed by atoms with Crippen LogP contribution in [0.4, 0.5) is 14.5 Å². The van der Waals surface area contributed by atoms with Gasteiger partial charge < -0.3 is 5.32 Å². The van der Waals surface area contributed by atoms with Gasteiger partial charge in [0.25, 0.3) is 0 Å². The summed E-state index contributed by atoms with van der Waals surface area (Å²) in [6.07, 6.45) is 2.17. The van der Waals surface area contributed by atoms with E-state index in [0.29, 0.717) is 19.4 Å². The second kappa shape index (κ2) is 8.94. The van der Waals surface area contributed by atoms with Crippen LogP contribution in [0.5, 0.6) is 0 Å². The third-order valence-corrected chi connectivity index (χ3v) is 5.26. The van der Waals surface area contributed by atoms with Gasteiger partial charge in [-0.3, -0.25) is 9.10 Å². The van der Waals surface area contributed by atoms with Crippen molar-refractivity contribution in [2.45, 2.75) is 25.8 Å². The fraction of sp³-hybridized carbons (Fsp3) is 0.316. The fourth-order valence-electron chi connectivity index (χ4n) is 2.71. The van der Waals surface area contributed by atoms with Gasteiger partial charge in [0.05, 0.1) is 11.9 Å². The van der Waals surface area contributed by atoms with Crippen LogP contribution in [0.3, 0.4) is 0 Å². The van der Waals surface area contributed by atoms with Gasteiger partial charge in [0.2, 0.25) is 15.9 Å². The highest BCUT2D eigenvalue weighted by molar-refractivity contribution is 7.92. The minimum Gasteiger partial charge on any atom is -0.354 e. The number of rotatable bonds is 8. The Morgan fingerprint density at radius 1 is 1.11 bits per heavy atom. The van der Waals surface area contributed by atoms with Crippen LogP contribution in [0.25, 0.3) is 0 Å². The summed E-state index contributed by atoms with van der Waals surface area (Å²) in [6, 6.07) is 10.4. The maximum atomic E-state index is 14.1. The molecule has 0 bridgehead atoms. The van der Waals surface area contributed by atoms with Crippen LogP contribution in [-0.2, 0) is 21.2 Å². The van der Waals surface area contributed by atoms with Gasteiger partial charge in [-0.1, -0.05) is 24.3 Å². The number of benzene rings is 2. The molecule has 0 aromatic heterocycles. The van der Waals surface area contributed by atoms with E-state index in [-0.39, 0.29) is 11.5 Å². The standard InChI is InChI=1S/C19H22F2N2O3S/c1-14(23(27(2,25)26)18-8-4-3-7-17(18)21)19(24)22-13-5-6-15-9-11-16(20)12-10-15/h3-4,7-12,14H,5-6,13H2,1-2H3,(H,22,24)/t14-/m0/s1. The quantitative estimate of drug-likeness (QED) is 0.698. The Kier molecular flexibility index (Phi) is 6.90. The predicted molar refractivity (Wildman–Crippen MR) is 101 cm³/mol. The number of carbonyl (C=O) groups is 1. The van der Waals surface area contributed by atoms with Gasteiger partial charge in [0.15, 0.2) is 0 Å². The van der Waals surface area contributed by atoms with Crippen LogP contribution in [-0.4, -0.2) is 33.2 Å². The summed E-state index contributed by atoms with van der Waals surface area (Å²) in [7, 11) is -3.87. The van der Waals surface area contributed by atoms with Crippen molar-refractivity contribution in [3.63, 3.8) is 0 Å². The van der Waals surface area contributed by atoms with E-state index in [1.807, 2.05) is 0 Å². The van der Waals surface area contributed by atoms with Crippen molar-refractivity contribution in [2.24, 2.45) is 0 Å². The maximum Gasteiger partial charge on any atom is 0.243 e. The van der Waals surface area contributed by atoms with Crippen molar-refractivity contribution in [2.75, 3.05) is 17.1 Å². The van der Waals surface area contributed by atoms with Crippen LogP contribution in [0.15, 0.2) is 48.5 Å². The van der Waals surface area contributed by atoms with Crippen molar-refractivity contribution in [3.05, 3.63) is 65.7 Å². The van der Waals surface area contributed by atoms with Crippen molar-refractivity contribution >= 4 is 21.6 Å². The third kappa shape index (κ3) is 5.75. The first-order valence-corrected chi connectivity index (χ1v) is 10.3. The Balaban J connectivity index is 1.99. The lowest BCUT2D eigenvalue weighted by molar-refractivity contribution is -0.121. The van der Waals surface area contributed by atoms with Crippen molar-refractivity contribution < 1.29 is 22.0 Å². The van der Waals surface area contributed by atoms with Gasteiger partial charge in [-0.05, 0) is 49.6 Å². The molecule has 1 N–H and O–H groups in total. The number of amides is 1. The monoisotopic (exact) mass is 396 g/mol. The lowest BCUT2D eigenvalue weighted by atomic mass is 10.1. The number of halogens is 2. The number of nitrogens with zero attached hydrogens (tertiary/aromatic N) is 1. The van der Waals surface area contributed by atoms with Crippen molar-refractivity contribution in [3.8, 4) is 0 Å². The largest absolute Gasteiger partial charge is 0.354 e. The van der Waals surface area contributed by atoms with E-state index < -0.39 is 27.8 Å². The Hall–Kier alpha value is -2.48. The molecule has 0 spiro atoms. The number of carbonyl (C=O) groups excluding carboxylic acids is 1. The van der Waals surface area contributed by atoms with Crippen molar-refractivity contribution in [1.29, 1.82) is 0 Å². The second-order valence-corrected chi connectivity index (χ2v) is 8.07. The highest BCUT2D eigenvalue weighted by Gasteiger charge is 2.30. The topological polar surface area (TPSA) is 66.5 Å². The molecule has 0 aliphatic rings. The van der Waals surface area contributed by atoms with E-state index in [9.17, 15) is 22.0 Å². The molecule has 2 aromatic rings. The lowest BCUT2D eigenvalue weighted by Gasteiger charge is -2.28. The molecule has 1 atom stereocenters. The average Bonchev–Trinajstić information content (AvgIpc) is 2.60. The molecule has 0 saturated heterocycles. The molecule has 0 unspecified atom stereocenters. The summed E-state index contributed by atoms with van der Waals surface area (Å²) in [6.45, 7) is 1.72. The van der Waals surface area contributed by atoms with E-state index >= 15 is 0 Å². The molecule has 0 radical (unpaired) electrons. The number of nitrogens with one attached hydrogen (secondary N) is 1. The zero-order valence-corrected chi connectivity index (χ0v) is 16.0. The molecule has 0 aliphatic carbocycles. The van der Waals surface area contributed by atoms with Gasteiger partial charge >= 0.3 is 0 Å². The molecule has 2 rings (SSSR count). The molecule has 0 aliphatic heterocycles. The van der Waals surface area contributed by atoms with E-state index in [2.05, 4.69) is 5.32 Å². The van der Waals surface area contributed by atoms with Crippen LogP contribution in [0, 0.1) is 11.6 Å². The zero-order chi connectivity index (χ0) is 20.0. The first-order valence-electron chi connectivity index (χ1n) is 8.46. The highest BCUT2D eigenvalue weighted by Crippen LogP contribution is 2.24. The molecule has 1 amide bonds. The Morgan fingerprint density at radius 2 is 1.74 bits per heavy atom. The van der Waals surface area contributed by atoms with Crippen molar-refractivity contribution in [1.82, 2.24) is 5.32 Å². The number of hydrogen-bond donors (Lipinski definition) is 1. The Morgan fingerprint density at radius 3 is 2.33 bits per heavy atom. The summed E-state index contributed by atoms with van der Waals surface area (Å²) in [5.41, 5.74) is 0.761.